The maximum absolute atomic E-state index is 12.2. The van der Waals surface area contributed by atoms with Crippen molar-refractivity contribution in [2.75, 3.05) is 46.9 Å². The number of aliphatic hydroxyl groups excluding tert-OH is 1. The number of hydrogen-bond donors (Lipinski definition) is 1. The largest absolute Gasteiger partial charge is 0.389 e. The number of ether oxygens (including phenoxy) is 1. The second-order valence-electron chi connectivity index (χ2n) is 5.45. The van der Waals surface area contributed by atoms with E-state index in [9.17, 15) is 9.90 Å². The quantitative estimate of drug-likeness (QED) is 0.774. The molecule has 112 valence electrons. The average Bonchev–Trinajstić information content (AvgIpc) is 2.27. The predicted octanol–water partition coefficient (Wildman–Crippen LogP) is 0.718. The number of likely N-dealkylation sites (tertiary alicyclic amines) is 1. The number of nitrogens with zero attached hydrogens (tertiary/aromatic N) is 2. The molecular formula is C14H28N2O3. The van der Waals surface area contributed by atoms with Crippen molar-refractivity contribution in [3.8, 4) is 0 Å². The molecule has 1 N–H and O–H groups in total. The zero-order valence-electron chi connectivity index (χ0n) is 12.3. The molecule has 1 amide bonds. The third kappa shape index (κ3) is 6.89. The van der Waals surface area contributed by atoms with Gasteiger partial charge < -0.3 is 14.7 Å². The fraction of sp³-hybridized carbons (Fsp3) is 0.929. The fourth-order valence-electron chi connectivity index (χ4n) is 2.50. The van der Waals surface area contributed by atoms with Gasteiger partial charge in [-0.2, -0.15) is 0 Å². The van der Waals surface area contributed by atoms with Gasteiger partial charge in [-0.05, 0) is 19.9 Å². The zero-order valence-corrected chi connectivity index (χ0v) is 12.3. The molecule has 1 aliphatic rings. The first kappa shape index (κ1) is 16.4. The van der Waals surface area contributed by atoms with Crippen molar-refractivity contribution in [2.24, 2.45) is 0 Å². The van der Waals surface area contributed by atoms with Gasteiger partial charge >= 0.3 is 0 Å². The van der Waals surface area contributed by atoms with E-state index in [0.29, 0.717) is 19.7 Å². The monoisotopic (exact) mass is 272 g/mol. The highest BCUT2D eigenvalue weighted by Gasteiger charge is 2.17. The molecule has 1 heterocycles. The summed E-state index contributed by atoms with van der Waals surface area (Å²) in [5.41, 5.74) is 0. The molecule has 0 aromatic heterocycles. The first-order valence-electron chi connectivity index (χ1n) is 7.27. The van der Waals surface area contributed by atoms with Crippen molar-refractivity contribution in [3.05, 3.63) is 0 Å². The summed E-state index contributed by atoms with van der Waals surface area (Å²) in [5, 5.41) is 9.63. The normalized spacial score (nSPS) is 19.1. The van der Waals surface area contributed by atoms with Crippen LogP contribution in [-0.2, 0) is 9.53 Å². The van der Waals surface area contributed by atoms with Crippen molar-refractivity contribution >= 4 is 5.91 Å². The van der Waals surface area contributed by atoms with E-state index >= 15 is 0 Å². The van der Waals surface area contributed by atoms with E-state index in [-0.39, 0.29) is 5.91 Å². The van der Waals surface area contributed by atoms with Crippen LogP contribution in [0.5, 0.6) is 0 Å². The van der Waals surface area contributed by atoms with Gasteiger partial charge in [0.1, 0.15) is 0 Å². The van der Waals surface area contributed by atoms with Gasteiger partial charge in [-0.25, -0.2) is 0 Å². The van der Waals surface area contributed by atoms with Gasteiger partial charge in [0, 0.05) is 26.7 Å². The van der Waals surface area contributed by atoms with Crippen LogP contribution in [0, 0.1) is 0 Å². The van der Waals surface area contributed by atoms with Gasteiger partial charge in [0.05, 0.1) is 19.3 Å². The Morgan fingerprint density at radius 3 is 2.42 bits per heavy atom. The van der Waals surface area contributed by atoms with Crippen molar-refractivity contribution < 1.29 is 14.6 Å². The van der Waals surface area contributed by atoms with E-state index in [0.717, 1.165) is 25.9 Å². The molecule has 0 radical (unpaired) electrons. The maximum Gasteiger partial charge on any atom is 0.236 e. The Hall–Kier alpha value is -0.650. The lowest BCUT2D eigenvalue weighted by Crippen LogP contribution is -2.43. The SMILES string of the molecule is COCC(O)CN(C)CC(=O)N1CCCCCCC1. The van der Waals surface area contributed by atoms with Crippen LogP contribution in [0.4, 0.5) is 0 Å². The molecule has 0 spiro atoms. The molecule has 1 rings (SSSR count). The molecule has 0 aliphatic carbocycles. The number of amides is 1. The van der Waals surface area contributed by atoms with Crippen LogP contribution in [0.3, 0.4) is 0 Å². The summed E-state index contributed by atoms with van der Waals surface area (Å²) in [6, 6.07) is 0. The smallest absolute Gasteiger partial charge is 0.236 e. The summed E-state index contributed by atoms with van der Waals surface area (Å²) in [7, 11) is 3.43. The van der Waals surface area contributed by atoms with Crippen molar-refractivity contribution in [1.82, 2.24) is 9.80 Å². The van der Waals surface area contributed by atoms with Crippen molar-refractivity contribution in [1.29, 1.82) is 0 Å². The number of rotatable bonds is 6. The van der Waals surface area contributed by atoms with Gasteiger partial charge in [0.15, 0.2) is 0 Å². The number of carbonyl (C=O) groups is 1. The van der Waals surface area contributed by atoms with E-state index in [1.807, 2.05) is 16.8 Å². The van der Waals surface area contributed by atoms with Gasteiger partial charge in [0.2, 0.25) is 5.91 Å². The molecule has 1 atom stereocenters. The third-order valence-electron chi connectivity index (χ3n) is 3.50. The Labute approximate surface area is 116 Å². The van der Waals surface area contributed by atoms with Crippen molar-refractivity contribution in [3.63, 3.8) is 0 Å². The standard InChI is InChI=1S/C14H28N2O3/c1-15(10-13(17)12-19-2)11-14(18)16-8-6-4-3-5-7-9-16/h13,17H,3-12H2,1-2H3. The molecule has 19 heavy (non-hydrogen) atoms. The molecule has 1 aliphatic heterocycles. The summed E-state index contributed by atoms with van der Waals surface area (Å²) in [6.07, 6.45) is 5.45. The van der Waals surface area contributed by atoms with Crippen LogP contribution in [0.25, 0.3) is 0 Å². The topological polar surface area (TPSA) is 53.0 Å². The Kier molecular flexibility index (Phi) is 8.02. The lowest BCUT2D eigenvalue weighted by molar-refractivity contribution is -0.132. The van der Waals surface area contributed by atoms with Crippen molar-refractivity contribution in [2.45, 2.75) is 38.2 Å². The second kappa shape index (κ2) is 9.28. The first-order valence-corrected chi connectivity index (χ1v) is 7.27. The minimum atomic E-state index is -0.532. The summed E-state index contributed by atoms with van der Waals surface area (Å²) >= 11 is 0. The minimum Gasteiger partial charge on any atom is -0.389 e. The first-order chi connectivity index (χ1) is 9.13. The molecule has 0 aromatic rings. The van der Waals surface area contributed by atoms with Crippen LogP contribution >= 0.6 is 0 Å². The van der Waals surface area contributed by atoms with Gasteiger partial charge in [-0.15, -0.1) is 0 Å². The zero-order chi connectivity index (χ0) is 14.1. The summed E-state index contributed by atoms with van der Waals surface area (Å²) in [5.74, 6) is 0.175. The van der Waals surface area contributed by atoms with Gasteiger partial charge in [-0.1, -0.05) is 19.3 Å². The molecule has 1 fully saturated rings. The molecule has 5 heteroatoms. The lowest BCUT2D eigenvalue weighted by atomic mass is 10.1. The summed E-state index contributed by atoms with van der Waals surface area (Å²) < 4.78 is 4.88. The van der Waals surface area contributed by atoms with Gasteiger partial charge in [0.25, 0.3) is 0 Å². The molecule has 0 bridgehead atoms. The Balaban J connectivity index is 2.31. The highest BCUT2D eigenvalue weighted by molar-refractivity contribution is 5.78. The van der Waals surface area contributed by atoms with E-state index in [2.05, 4.69) is 0 Å². The lowest BCUT2D eigenvalue weighted by Gasteiger charge is -2.27. The summed E-state index contributed by atoms with van der Waals surface area (Å²) in [6.45, 7) is 2.91. The van der Waals surface area contributed by atoms with E-state index in [1.165, 1.54) is 19.3 Å². The highest BCUT2D eigenvalue weighted by atomic mass is 16.5. The van der Waals surface area contributed by atoms with Crippen LogP contribution in [-0.4, -0.2) is 73.9 Å². The van der Waals surface area contributed by atoms with E-state index in [1.54, 1.807) is 7.11 Å². The Morgan fingerprint density at radius 1 is 1.26 bits per heavy atom. The summed E-state index contributed by atoms with van der Waals surface area (Å²) in [4.78, 5) is 16.0. The number of hydrogen-bond acceptors (Lipinski definition) is 4. The molecule has 1 saturated heterocycles. The number of methoxy groups -OCH3 is 1. The number of likely N-dealkylation sites (N-methyl/N-ethyl adjacent to an activating group) is 1. The molecular weight excluding hydrogens is 244 g/mol. The molecule has 0 saturated carbocycles. The van der Waals surface area contributed by atoms with Crippen LogP contribution in [0.1, 0.15) is 32.1 Å². The van der Waals surface area contributed by atoms with E-state index < -0.39 is 6.10 Å². The molecule has 5 nitrogen and oxygen atoms in total. The van der Waals surface area contributed by atoms with E-state index in [4.69, 9.17) is 4.74 Å². The van der Waals surface area contributed by atoms with Crippen LogP contribution in [0.2, 0.25) is 0 Å². The molecule has 1 unspecified atom stereocenters. The third-order valence-corrected chi connectivity index (χ3v) is 3.50. The Bertz CT molecular complexity index is 253. The number of carbonyl (C=O) groups excluding carboxylic acids is 1. The predicted molar refractivity (Wildman–Crippen MR) is 75.0 cm³/mol. The Morgan fingerprint density at radius 2 is 1.84 bits per heavy atom. The maximum atomic E-state index is 12.2. The number of aliphatic hydroxyl groups is 1. The minimum absolute atomic E-state index is 0.175. The second-order valence-corrected chi connectivity index (χ2v) is 5.45. The average molecular weight is 272 g/mol. The van der Waals surface area contributed by atoms with Crippen LogP contribution < -0.4 is 0 Å². The highest BCUT2D eigenvalue weighted by Crippen LogP contribution is 2.10. The van der Waals surface area contributed by atoms with Crippen LogP contribution in [0.15, 0.2) is 0 Å². The molecule has 0 aromatic carbocycles. The van der Waals surface area contributed by atoms with Gasteiger partial charge in [-0.3, -0.25) is 9.69 Å². The fourth-order valence-corrected chi connectivity index (χ4v) is 2.50.